The van der Waals surface area contributed by atoms with Crippen LogP contribution in [0.5, 0.6) is 0 Å². The molecule has 2 aliphatic heterocycles. The highest BCUT2D eigenvalue weighted by Gasteiger charge is 2.51. The maximum absolute atomic E-state index is 12.6. The first-order valence-electron chi connectivity index (χ1n) is 7.75. The summed E-state index contributed by atoms with van der Waals surface area (Å²) in [5, 5.41) is 12.0. The Labute approximate surface area is 154 Å². The van der Waals surface area contributed by atoms with Crippen LogP contribution in [0.3, 0.4) is 0 Å². The van der Waals surface area contributed by atoms with E-state index in [2.05, 4.69) is 4.28 Å². The lowest BCUT2D eigenvalue weighted by molar-refractivity contribution is -0.0316. The maximum atomic E-state index is 12.6. The molecule has 1 fully saturated rings. The fourth-order valence-corrected chi connectivity index (χ4v) is 4.71. The number of hydrogen-bond acceptors (Lipinski definition) is 6. The van der Waals surface area contributed by atoms with E-state index in [0.29, 0.717) is 10.6 Å². The van der Waals surface area contributed by atoms with Gasteiger partial charge >= 0.3 is 22.5 Å². The van der Waals surface area contributed by atoms with E-state index in [4.69, 9.17) is 4.55 Å². The van der Waals surface area contributed by atoms with E-state index in [-0.39, 0.29) is 13.1 Å². The number of carbonyl (C=O) groups excluding carboxylic acids is 1. The number of urea groups is 1. The van der Waals surface area contributed by atoms with E-state index in [0.717, 1.165) is 4.88 Å². The largest absolute Gasteiger partial charge is 0.465 e. The molecule has 2 N–H and O–H groups in total. The number of carbonyl (C=O) groups is 2. The van der Waals surface area contributed by atoms with Crippen LogP contribution in [0.2, 0.25) is 0 Å². The SMILES string of the molecule is CC(C)(C)N(C[C@@H]1c2sccc2[C@@H]2CN1C(=O)N2OS(=O)(=O)O)C(=O)O. The number of carboxylic acid groups (broad SMARTS) is 1. The summed E-state index contributed by atoms with van der Waals surface area (Å²) in [6.45, 7) is 5.43. The Hall–Kier alpha value is -1.89. The van der Waals surface area contributed by atoms with Crippen LogP contribution in [0, 0.1) is 0 Å². The van der Waals surface area contributed by atoms with Crippen molar-refractivity contribution >= 4 is 33.9 Å². The van der Waals surface area contributed by atoms with Gasteiger partial charge in [0, 0.05) is 10.4 Å². The molecule has 0 radical (unpaired) electrons. The van der Waals surface area contributed by atoms with Crippen molar-refractivity contribution in [3.8, 4) is 0 Å². The molecule has 0 aromatic carbocycles. The van der Waals surface area contributed by atoms with Crippen LogP contribution in [0.1, 0.15) is 43.3 Å². The Balaban J connectivity index is 1.98. The van der Waals surface area contributed by atoms with E-state index in [1.165, 1.54) is 21.1 Å². The van der Waals surface area contributed by atoms with Gasteiger partial charge in [-0.15, -0.1) is 15.6 Å². The van der Waals surface area contributed by atoms with Gasteiger partial charge in [-0.3, -0.25) is 4.55 Å². The standard InChI is InChI=1S/C14H19N3O7S2/c1-14(2,3)16(13(19)20)7-10-11-8(4-5-25-11)9-6-15(10)12(18)17(9)24-26(21,22)23/h4-5,9-10H,6-7H2,1-3H3,(H,19,20)(H,21,22,23)/t9-,10+/m0/s1. The average molecular weight is 405 g/mol. The van der Waals surface area contributed by atoms with Crippen LogP contribution in [-0.4, -0.2) is 63.7 Å². The topological polar surface area (TPSA) is 128 Å². The van der Waals surface area contributed by atoms with Crippen LogP contribution < -0.4 is 0 Å². The minimum absolute atomic E-state index is 0.0323. The second-order valence-corrected chi connectivity index (χ2v) is 9.05. The van der Waals surface area contributed by atoms with Gasteiger partial charge in [-0.25, -0.2) is 9.59 Å². The summed E-state index contributed by atoms with van der Waals surface area (Å²) in [6, 6.07) is -0.245. The maximum Gasteiger partial charge on any atom is 0.418 e. The third kappa shape index (κ3) is 3.24. The number of hydroxylamine groups is 2. The second-order valence-electron chi connectivity index (χ2n) is 7.10. The predicted molar refractivity (Wildman–Crippen MR) is 90.9 cm³/mol. The molecule has 3 heterocycles. The van der Waals surface area contributed by atoms with E-state index >= 15 is 0 Å². The first-order valence-corrected chi connectivity index (χ1v) is 9.99. The molecule has 3 amide bonds. The van der Waals surface area contributed by atoms with Gasteiger partial charge < -0.3 is 14.9 Å². The molecule has 0 unspecified atom stereocenters. The zero-order valence-corrected chi connectivity index (χ0v) is 16.0. The lowest BCUT2D eigenvalue weighted by Gasteiger charge is -2.39. The predicted octanol–water partition coefficient (Wildman–Crippen LogP) is 2.09. The molecule has 10 nitrogen and oxygen atoms in total. The molecule has 12 heteroatoms. The Morgan fingerprint density at radius 1 is 1.46 bits per heavy atom. The van der Waals surface area contributed by atoms with Gasteiger partial charge in [-0.05, 0) is 37.8 Å². The number of thiophene rings is 1. The lowest BCUT2D eigenvalue weighted by atomic mass is 9.97. The summed E-state index contributed by atoms with van der Waals surface area (Å²) in [7, 11) is -4.86. The average Bonchev–Trinajstić information content (AvgIpc) is 3.04. The summed E-state index contributed by atoms with van der Waals surface area (Å²) >= 11 is 1.36. The molecular formula is C14H19N3O7S2. The highest BCUT2D eigenvalue weighted by atomic mass is 32.3. The van der Waals surface area contributed by atoms with E-state index in [1.807, 2.05) is 0 Å². The highest BCUT2D eigenvalue weighted by molar-refractivity contribution is 7.80. The van der Waals surface area contributed by atoms with Crippen LogP contribution in [0.15, 0.2) is 11.4 Å². The minimum Gasteiger partial charge on any atom is -0.465 e. The molecule has 2 aliphatic rings. The summed E-state index contributed by atoms with van der Waals surface area (Å²) in [5.41, 5.74) is -0.00182. The van der Waals surface area contributed by atoms with Gasteiger partial charge in [0.1, 0.15) is 6.04 Å². The van der Waals surface area contributed by atoms with Crippen molar-refractivity contribution in [2.24, 2.45) is 0 Å². The number of hydrogen-bond donors (Lipinski definition) is 2. The number of nitrogens with zero attached hydrogens (tertiary/aromatic N) is 3. The molecule has 0 saturated carbocycles. The van der Waals surface area contributed by atoms with Crippen molar-refractivity contribution in [2.75, 3.05) is 13.1 Å². The molecule has 26 heavy (non-hydrogen) atoms. The Kier molecular flexibility index (Phi) is 4.42. The summed E-state index contributed by atoms with van der Waals surface area (Å²) in [5.74, 6) is 0. The fraction of sp³-hybridized carbons (Fsp3) is 0.571. The van der Waals surface area contributed by atoms with Gasteiger partial charge in [-0.2, -0.15) is 13.5 Å². The molecule has 3 rings (SSSR count). The molecule has 1 saturated heterocycles. The number of amides is 3. The van der Waals surface area contributed by atoms with Gasteiger partial charge in [0.05, 0.1) is 19.1 Å². The highest BCUT2D eigenvalue weighted by Crippen LogP contribution is 2.47. The zero-order valence-electron chi connectivity index (χ0n) is 14.3. The quantitative estimate of drug-likeness (QED) is 0.734. The molecular weight excluding hydrogens is 386 g/mol. The van der Waals surface area contributed by atoms with Crippen molar-refractivity contribution in [1.82, 2.24) is 14.9 Å². The van der Waals surface area contributed by atoms with Crippen LogP contribution in [-0.2, 0) is 14.7 Å². The van der Waals surface area contributed by atoms with Gasteiger partial charge in [-0.1, -0.05) is 0 Å². The molecule has 2 atom stereocenters. The smallest absolute Gasteiger partial charge is 0.418 e. The first-order chi connectivity index (χ1) is 11.9. The monoisotopic (exact) mass is 405 g/mol. The van der Waals surface area contributed by atoms with Crippen LogP contribution in [0.25, 0.3) is 0 Å². The van der Waals surface area contributed by atoms with Crippen molar-refractivity contribution < 1.29 is 31.9 Å². The Morgan fingerprint density at radius 3 is 2.65 bits per heavy atom. The summed E-state index contributed by atoms with van der Waals surface area (Å²) < 4.78 is 35.6. The van der Waals surface area contributed by atoms with Crippen molar-refractivity contribution in [3.63, 3.8) is 0 Å². The number of rotatable bonds is 4. The van der Waals surface area contributed by atoms with E-state index < -0.39 is 40.1 Å². The first kappa shape index (κ1) is 18.9. The molecule has 144 valence electrons. The van der Waals surface area contributed by atoms with E-state index in [1.54, 1.807) is 32.2 Å². The normalized spacial score (nSPS) is 22.5. The Bertz CT molecular complexity index is 845. The fourth-order valence-electron chi connectivity index (χ4n) is 3.28. The summed E-state index contributed by atoms with van der Waals surface area (Å²) in [6.07, 6.45) is -1.12. The van der Waals surface area contributed by atoms with Gasteiger partial charge in [0.25, 0.3) is 0 Å². The van der Waals surface area contributed by atoms with Gasteiger partial charge in [0.2, 0.25) is 0 Å². The zero-order chi connectivity index (χ0) is 19.4. The number of fused-ring (bicyclic) bond motifs is 4. The Morgan fingerprint density at radius 2 is 2.12 bits per heavy atom. The van der Waals surface area contributed by atoms with Crippen molar-refractivity contribution in [3.05, 3.63) is 21.9 Å². The molecule has 1 aromatic rings. The lowest BCUT2D eigenvalue weighted by Crippen LogP contribution is -2.50. The summed E-state index contributed by atoms with van der Waals surface area (Å²) in [4.78, 5) is 27.7. The van der Waals surface area contributed by atoms with Crippen molar-refractivity contribution in [2.45, 2.75) is 38.4 Å². The molecule has 0 aliphatic carbocycles. The minimum atomic E-state index is -4.86. The molecule has 1 aromatic heterocycles. The van der Waals surface area contributed by atoms with Crippen molar-refractivity contribution in [1.29, 1.82) is 0 Å². The molecule has 0 spiro atoms. The van der Waals surface area contributed by atoms with E-state index in [9.17, 15) is 23.1 Å². The molecule has 2 bridgehead atoms. The van der Waals surface area contributed by atoms with Crippen LogP contribution in [0.4, 0.5) is 9.59 Å². The van der Waals surface area contributed by atoms with Crippen LogP contribution >= 0.6 is 11.3 Å². The second kappa shape index (κ2) is 6.08. The third-order valence-corrected chi connectivity index (χ3v) is 5.81. The third-order valence-electron chi connectivity index (χ3n) is 4.42. The van der Waals surface area contributed by atoms with Gasteiger partial charge in [0.15, 0.2) is 0 Å².